The molecular formula is C22H42O4. The predicted molar refractivity (Wildman–Crippen MR) is 107 cm³/mol. The SMILES string of the molecule is CCCCCCCCC(=O)C(O)CCCCCCCC(=O)OC(C)(C)C. The smallest absolute Gasteiger partial charge is 0.306 e. The first-order valence-electron chi connectivity index (χ1n) is 10.7. The molecule has 154 valence electrons. The molecule has 0 aliphatic rings. The highest BCUT2D eigenvalue weighted by molar-refractivity contribution is 5.82. The average molecular weight is 371 g/mol. The number of esters is 1. The molecule has 1 atom stereocenters. The van der Waals surface area contributed by atoms with Crippen molar-refractivity contribution >= 4 is 11.8 Å². The van der Waals surface area contributed by atoms with Gasteiger partial charge in [-0.05, 0) is 40.0 Å². The van der Waals surface area contributed by atoms with Crippen molar-refractivity contribution in [3.63, 3.8) is 0 Å². The Morgan fingerprint density at radius 1 is 0.808 bits per heavy atom. The van der Waals surface area contributed by atoms with Crippen LogP contribution in [0, 0.1) is 0 Å². The number of ether oxygens (including phenoxy) is 1. The molecule has 4 nitrogen and oxygen atoms in total. The van der Waals surface area contributed by atoms with Crippen LogP contribution in [-0.2, 0) is 14.3 Å². The molecule has 0 saturated carbocycles. The number of carbonyl (C=O) groups excluding carboxylic acids is 2. The Hall–Kier alpha value is -0.900. The van der Waals surface area contributed by atoms with Gasteiger partial charge in [0.25, 0.3) is 0 Å². The van der Waals surface area contributed by atoms with E-state index in [2.05, 4.69) is 6.92 Å². The van der Waals surface area contributed by atoms with Crippen molar-refractivity contribution < 1.29 is 19.4 Å². The van der Waals surface area contributed by atoms with E-state index in [0.717, 1.165) is 44.9 Å². The molecule has 0 saturated heterocycles. The maximum atomic E-state index is 11.9. The fourth-order valence-corrected chi connectivity index (χ4v) is 2.94. The monoisotopic (exact) mass is 370 g/mol. The molecule has 0 aromatic carbocycles. The van der Waals surface area contributed by atoms with Crippen molar-refractivity contribution in [1.82, 2.24) is 0 Å². The number of aliphatic hydroxyl groups is 1. The van der Waals surface area contributed by atoms with Crippen LogP contribution in [0.3, 0.4) is 0 Å². The van der Waals surface area contributed by atoms with Crippen molar-refractivity contribution in [2.75, 3.05) is 0 Å². The van der Waals surface area contributed by atoms with E-state index in [1.807, 2.05) is 20.8 Å². The van der Waals surface area contributed by atoms with E-state index in [4.69, 9.17) is 4.74 Å². The molecule has 0 rings (SSSR count). The second kappa shape index (κ2) is 15.2. The number of rotatable bonds is 16. The van der Waals surface area contributed by atoms with Gasteiger partial charge in [-0.25, -0.2) is 0 Å². The maximum absolute atomic E-state index is 11.9. The van der Waals surface area contributed by atoms with Gasteiger partial charge in [0.15, 0.2) is 5.78 Å². The highest BCUT2D eigenvalue weighted by Crippen LogP contribution is 2.14. The Labute approximate surface area is 161 Å². The van der Waals surface area contributed by atoms with Gasteiger partial charge < -0.3 is 9.84 Å². The summed E-state index contributed by atoms with van der Waals surface area (Å²) in [4.78, 5) is 23.5. The van der Waals surface area contributed by atoms with E-state index in [9.17, 15) is 14.7 Å². The van der Waals surface area contributed by atoms with Crippen LogP contribution in [0.15, 0.2) is 0 Å². The van der Waals surface area contributed by atoms with Crippen LogP contribution in [0.4, 0.5) is 0 Å². The van der Waals surface area contributed by atoms with Crippen molar-refractivity contribution in [2.45, 2.75) is 129 Å². The number of ketones is 1. The summed E-state index contributed by atoms with van der Waals surface area (Å²) in [6.07, 6.45) is 12.4. The summed E-state index contributed by atoms with van der Waals surface area (Å²) >= 11 is 0. The van der Waals surface area contributed by atoms with Gasteiger partial charge in [0, 0.05) is 12.8 Å². The summed E-state index contributed by atoms with van der Waals surface area (Å²) in [6.45, 7) is 7.83. The molecule has 1 N–H and O–H groups in total. The molecule has 0 aliphatic heterocycles. The first-order chi connectivity index (χ1) is 12.3. The van der Waals surface area contributed by atoms with Crippen molar-refractivity contribution in [1.29, 1.82) is 0 Å². The van der Waals surface area contributed by atoms with Gasteiger partial charge in [-0.2, -0.15) is 0 Å². The van der Waals surface area contributed by atoms with E-state index in [0.29, 0.717) is 19.3 Å². The second-order valence-electron chi connectivity index (χ2n) is 8.39. The van der Waals surface area contributed by atoms with Gasteiger partial charge >= 0.3 is 5.97 Å². The maximum Gasteiger partial charge on any atom is 0.306 e. The molecule has 0 bridgehead atoms. The number of unbranched alkanes of at least 4 members (excludes halogenated alkanes) is 9. The Balaban J connectivity index is 3.51. The molecule has 4 heteroatoms. The number of aliphatic hydroxyl groups excluding tert-OH is 1. The predicted octanol–water partition coefficient (Wildman–Crippen LogP) is 5.74. The minimum absolute atomic E-state index is 0.00502. The minimum atomic E-state index is -0.785. The van der Waals surface area contributed by atoms with Crippen LogP contribution in [0.25, 0.3) is 0 Å². The highest BCUT2D eigenvalue weighted by Gasteiger charge is 2.16. The van der Waals surface area contributed by atoms with E-state index in [-0.39, 0.29) is 11.8 Å². The van der Waals surface area contributed by atoms with Crippen LogP contribution in [0.1, 0.15) is 118 Å². The first kappa shape index (κ1) is 25.1. The molecule has 0 aliphatic carbocycles. The van der Waals surface area contributed by atoms with Crippen molar-refractivity contribution in [2.24, 2.45) is 0 Å². The summed E-state index contributed by atoms with van der Waals surface area (Å²) in [6, 6.07) is 0. The van der Waals surface area contributed by atoms with Crippen LogP contribution >= 0.6 is 0 Å². The van der Waals surface area contributed by atoms with Crippen LogP contribution < -0.4 is 0 Å². The molecule has 0 heterocycles. The Bertz CT molecular complexity index is 371. The lowest BCUT2D eigenvalue weighted by Crippen LogP contribution is -2.23. The zero-order chi connectivity index (χ0) is 19.8. The molecule has 1 unspecified atom stereocenters. The van der Waals surface area contributed by atoms with E-state index in [1.54, 1.807) is 0 Å². The van der Waals surface area contributed by atoms with E-state index >= 15 is 0 Å². The summed E-state index contributed by atoms with van der Waals surface area (Å²) in [7, 11) is 0. The summed E-state index contributed by atoms with van der Waals surface area (Å²) in [5.41, 5.74) is -0.407. The fraction of sp³-hybridized carbons (Fsp3) is 0.909. The number of hydrogen-bond donors (Lipinski definition) is 1. The molecule has 0 fully saturated rings. The third kappa shape index (κ3) is 16.6. The summed E-state index contributed by atoms with van der Waals surface area (Å²) < 4.78 is 5.27. The Kier molecular flexibility index (Phi) is 14.7. The minimum Gasteiger partial charge on any atom is -0.460 e. The quantitative estimate of drug-likeness (QED) is 0.278. The lowest BCUT2D eigenvalue weighted by Gasteiger charge is -2.19. The second-order valence-corrected chi connectivity index (χ2v) is 8.39. The molecular weight excluding hydrogens is 328 g/mol. The number of carbonyl (C=O) groups is 2. The van der Waals surface area contributed by atoms with Gasteiger partial charge in [0.05, 0.1) is 0 Å². The number of hydrogen-bond acceptors (Lipinski definition) is 4. The van der Waals surface area contributed by atoms with E-state index < -0.39 is 11.7 Å². The molecule has 0 aromatic rings. The van der Waals surface area contributed by atoms with Gasteiger partial charge in [-0.15, -0.1) is 0 Å². The fourth-order valence-electron chi connectivity index (χ4n) is 2.94. The number of Topliss-reactive ketones (excluding diaryl/α,β-unsaturated/α-hetero) is 1. The average Bonchev–Trinajstić information content (AvgIpc) is 2.55. The zero-order valence-electron chi connectivity index (χ0n) is 17.6. The van der Waals surface area contributed by atoms with Gasteiger partial charge in [-0.1, -0.05) is 64.7 Å². The third-order valence-corrected chi connectivity index (χ3v) is 4.43. The Morgan fingerprint density at radius 2 is 1.31 bits per heavy atom. The van der Waals surface area contributed by atoms with Crippen LogP contribution in [0.2, 0.25) is 0 Å². The van der Waals surface area contributed by atoms with Gasteiger partial charge in [-0.3, -0.25) is 9.59 Å². The highest BCUT2D eigenvalue weighted by atomic mass is 16.6. The van der Waals surface area contributed by atoms with E-state index in [1.165, 1.54) is 25.7 Å². The zero-order valence-corrected chi connectivity index (χ0v) is 17.6. The van der Waals surface area contributed by atoms with Crippen LogP contribution in [-0.4, -0.2) is 28.6 Å². The van der Waals surface area contributed by atoms with Crippen molar-refractivity contribution in [3.05, 3.63) is 0 Å². The lowest BCUT2D eigenvalue weighted by atomic mass is 10.0. The van der Waals surface area contributed by atoms with Crippen molar-refractivity contribution in [3.8, 4) is 0 Å². The summed E-state index contributed by atoms with van der Waals surface area (Å²) in [5.74, 6) is -0.126. The normalized spacial score (nSPS) is 12.8. The topological polar surface area (TPSA) is 63.6 Å². The molecule has 0 radical (unpaired) electrons. The molecule has 0 spiro atoms. The molecule has 0 aromatic heterocycles. The first-order valence-corrected chi connectivity index (χ1v) is 10.7. The molecule has 26 heavy (non-hydrogen) atoms. The standard InChI is InChI=1S/C22H42O4/c1-5-6-7-8-10-13-16-19(23)20(24)17-14-11-9-12-15-18-21(25)26-22(2,3)4/h20,24H,5-18H2,1-4H3. The Morgan fingerprint density at radius 3 is 1.88 bits per heavy atom. The lowest BCUT2D eigenvalue weighted by molar-refractivity contribution is -0.154. The third-order valence-electron chi connectivity index (χ3n) is 4.43. The van der Waals surface area contributed by atoms with Gasteiger partial charge in [0.1, 0.15) is 11.7 Å². The summed E-state index contributed by atoms with van der Waals surface area (Å²) in [5, 5.41) is 9.93. The molecule has 0 amide bonds. The largest absolute Gasteiger partial charge is 0.460 e. The van der Waals surface area contributed by atoms with Crippen LogP contribution in [0.5, 0.6) is 0 Å². The van der Waals surface area contributed by atoms with Gasteiger partial charge in [0.2, 0.25) is 0 Å².